The maximum absolute atomic E-state index is 11.3. The van der Waals surface area contributed by atoms with Crippen LogP contribution in [0, 0.1) is 0 Å². The molecule has 0 atom stereocenters. The van der Waals surface area contributed by atoms with Crippen LogP contribution in [0.3, 0.4) is 0 Å². The van der Waals surface area contributed by atoms with Gasteiger partial charge < -0.3 is 10.6 Å². The van der Waals surface area contributed by atoms with Gasteiger partial charge >= 0.3 is 0 Å². The van der Waals surface area contributed by atoms with Crippen molar-refractivity contribution in [3.8, 4) is 0 Å². The first-order valence-electron chi connectivity index (χ1n) is 4.94. The molecule has 1 amide bonds. The van der Waals surface area contributed by atoms with Gasteiger partial charge in [0.2, 0.25) is 0 Å². The third kappa shape index (κ3) is 2.72. The summed E-state index contributed by atoms with van der Waals surface area (Å²) in [4.78, 5) is 13.4. The number of halogens is 1. The lowest BCUT2D eigenvalue weighted by molar-refractivity contribution is 0.100. The van der Waals surface area contributed by atoms with E-state index in [1.807, 2.05) is 12.1 Å². The van der Waals surface area contributed by atoms with E-state index in [0.717, 1.165) is 23.2 Å². The van der Waals surface area contributed by atoms with Gasteiger partial charge in [-0.2, -0.15) is 0 Å². The summed E-state index contributed by atoms with van der Waals surface area (Å²) in [5.74, 6) is -0.391. The van der Waals surface area contributed by atoms with Gasteiger partial charge in [0.25, 0.3) is 5.91 Å². The molecular weight excluding hydrogens is 256 g/mol. The zero-order valence-electron chi connectivity index (χ0n) is 8.96. The number of nitrogens with two attached hydrogens (primary N) is 1. The van der Waals surface area contributed by atoms with Crippen molar-refractivity contribution >= 4 is 27.5 Å². The molecule has 0 radical (unpaired) electrons. The van der Waals surface area contributed by atoms with Crippen molar-refractivity contribution in [3.05, 3.63) is 28.2 Å². The molecule has 0 saturated heterocycles. The second-order valence-corrected chi connectivity index (χ2v) is 4.11. The molecule has 0 aromatic heterocycles. The molecule has 1 aromatic rings. The lowest BCUT2D eigenvalue weighted by atomic mass is 10.1. The van der Waals surface area contributed by atoms with Crippen molar-refractivity contribution < 1.29 is 4.79 Å². The lowest BCUT2D eigenvalue weighted by Gasteiger charge is -2.23. The van der Waals surface area contributed by atoms with Crippen LogP contribution in [0.5, 0.6) is 0 Å². The van der Waals surface area contributed by atoms with Crippen molar-refractivity contribution in [2.45, 2.75) is 13.8 Å². The first-order chi connectivity index (χ1) is 7.10. The van der Waals surface area contributed by atoms with Crippen molar-refractivity contribution in [1.82, 2.24) is 0 Å². The highest BCUT2D eigenvalue weighted by Gasteiger charge is 2.12. The summed E-state index contributed by atoms with van der Waals surface area (Å²) >= 11 is 3.33. The Morgan fingerprint density at radius 1 is 1.40 bits per heavy atom. The largest absolute Gasteiger partial charge is 0.371 e. The van der Waals surface area contributed by atoms with Crippen LogP contribution < -0.4 is 10.6 Å². The van der Waals surface area contributed by atoms with Crippen molar-refractivity contribution in [1.29, 1.82) is 0 Å². The van der Waals surface area contributed by atoms with Crippen molar-refractivity contribution in [2.24, 2.45) is 5.73 Å². The van der Waals surface area contributed by atoms with E-state index < -0.39 is 5.91 Å². The molecular formula is C11H15BrN2O. The maximum Gasteiger partial charge on any atom is 0.250 e. The minimum Gasteiger partial charge on any atom is -0.371 e. The van der Waals surface area contributed by atoms with E-state index in [-0.39, 0.29) is 0 Å². The number of primary amides is 1. The molecule has 3 nitrogen and oxygen atoms in total. The van der Waals surface area contributed by atoms with Crippen LogP contribution >= 0.6 is 15.9 Å². The highest BCUT2D eigenvalue weighted by atomic mass is 79.9. The highest BCUT2D eigenvalue weighted by Crippen LogP contribution is 2.24. The standard InChI is InChI=1S/C11H15BrN2O/c1-3-14(4-2)10-6-5-8(12)7-9(10)11(13)15/h5-7H,3-4H2,1-2H3,(H2,13,15). The first-order valence-corrected chi connectivity index (χ1v) is 5.73. The van der Waals surface area contributed by atoms with Gasteiger partial charge in [0.1, 0.15) is 0 Å². The summed E-state index contributed by atoms with van der Waals surface area (Å²) in [6, 6.07) is 5.59. The Hall–Kier alpha value is -1.03. The van der Waals surface area contributed by atoms with Crippen LogP contribution in [0.1, 0.15) is 24.2 Å². The number of carbonyl (C=O) groups is 1. The van der Waals surface area contributed by atoms with Crippen LogP contribution in [0.2, 0.25) is 0 Å². The monoisotopic (exact) mass is 270 g/mol. The average molecular weight is 271 g/mol. The molecule has 1 rings (SSSR count). The van der Waals surface area contributed by atoms with Gasteiger partial charge in [-0.05, 0) is 32.0 Å². The van der Waals surface area contributed by atoms with Crippen molar-refractivity contribution in [2.75, 3.05) is 18.0 Å². The molecule has 0 saturated carbocycles. The number of carbonyl (C=O) groups excluding carboxylic acids is 1. The molecule has 0 bridgehead atoms. The Bertz CT molecular complexity index is 362. The molecule has 15 heavy (non-hydrogen) atoms. The van der Waals surface area contributed by atoms with E-state index >= 15 is 0 Å². The van der Waals surface area contributed by atoms with E-state index in [0.29, 0.717) is 5.56 Å². The van der Waals surface area contributed by atoms with E-state index in [2.05, 4.69) is 34.7 Å². The summed E-state index contributed by atoms with van der Waals surface area (Å²) in [7, 11) is 0. The second-order valence-electron chi connectivity index (χ2n) is 3.20. The number of amides is 1. The summed E-state index contributed by atoms with van der Waals surface area (Å²) in [5, 5.41) is 0. The van der Waals surface area contributed by atoms with Crippen LogP contribution in [-0.2, 0) is 0 Å². The minimum absolute atomic E-state index is 0.391. The van der Waals surface area contributed by atoms with Gasteiger partial charge in [0, 0.05) is 23.2 Å². The van der Waals surface area contributed by atoms with E-state index in [4.69, 9.17) is 5.73 Å². The maximum atomic E-state index is 11.3. The fourth-order valence-electron chi connectivity index (χ4n) is 1.55. The summed E-state index contributed by atoms with van der Waals surface area (Å²) in [6.45, 7) is 5.82. The number of hydrogen-bond donors (Lipinski definition) is 1. The minimum atomic E-state index is -0.391. The molecule has 0 heterocycles. The molecule has 4 heteroatoms. The quantitative estimate of drug-likeness (QED) is 0.914. The van der Waals surface area contributed by atoms with Crippen molar-refractivity contribution in [3.63, 3.8) is 0 Å². The second kappa shape index (κ2) is 5.16. The van der Waals surface area contributed by atoms with Crippen LogP contribution in [-0.4, -0.2) is 19.0 Å². The summed E-state index contributed by atoms with van der Waals surface area (Å²) in [6.07, 6.45) is 0. The molecule has 82 valence electrons. The van der Waals surface area contributed by atoms with Crippen LogP contribution in [0.25, 0.3) is 0 Å². The predicted molar refractivity (Wildman–Crippen MR) is 66.2 cm³/mol. The molecule has 2 N–H and O–H groups in total. The van der Waals surface area contributed by atoms with Gasteiger partial charge in [-0.1, -0.05) is 15.9 Å². The van der Waals surface area contributed by atoms with Gasteiger partial charge in [0.15, 0.2) is 0 Å². The number of benzene rings is 1. The average Bonchev–Trinajstić information content (AvgIpc) is 2.21. The molecule has 0 aliphatic rings. The Morgan fingerprint density at radius 3 is 2.47 bits per heavy atom. The van der Waals surface area contributed by atoms with E-state index in [1.165, 1.54) is 0 Å². The Morgan fingerprint density at radius 2 is 2.00 bits per heavy atom. The van der Waals surface area contributed by atoms with E-state index in [9.17, 15) is 4.79 Å². The topological polar surface area (TPSA) is 46.3 Å². The van der Waals surface area contributed by atoms with Gasteiger partial charge in [0.05, 0.1) is 5.56 Å². The number of rotatable bonds is 4. The van der Waals surface area contributed by atoms with Gasteiger partial charge in [-0.15, -0.1) is 0 Å². The fraction of sp³-hybridized carbons (Fsp3) is 0.364. The Balaban J connectivity index is 3.21. The first kappa shape index (κ1) is 12.0. The summed E-state index contributed by atoms with van der Waals surface area (Å²) in [5.41, 5.74) is 6.81. The molecule has 0 spiro atoms. The van der Waals surface area contributed by atoms with Crippen LogP contribution in [0.15, 0.2) is 22.7 Å². The Kier molecular flexibility index (Phi) is 4.15. The third-order valence-electron chi connectivity index (χ3n) is 2.33. The normalized spacial score (nSPS) is 10.1. The lowest BCUT2D eigenvalue weighted by Crippen LogP contribution is -2.25. The highest BCUT2D eigenvalue weighted by molar-refractivity contribution is 9.10. The molecule has 0 aliphatic carbocycles. The Labute approximate surface area is 98.4 Å². The molecule has 0 unspecified atom stereocenters. The number of anilines is 1. The zero-order chi connectivity index (χ0) is 11.4. The van der Waals surface area contributed by atoms with Crippen LogP contribution in [0.4, 0.5) is 5.69 Å². The predicted octanol–water partition coefficient (Wildman–Crippen LogP) is 2.39. The fourth-order valence-corrected chi connectivity index (χ4v) is 1.91. The number of hydrogen-bond acceptors (Lipinski definition) is 2. The molecule has 0 fully saturated rings. The van der Waals surface area contributed by atoms with E-state index in [1.54, 1.807) is 6.07 Å². The summed E-state index contributed by atoms with van der Waals surface area (Å²) < 4.78 is 0.868. The number of nitrogens with zero attached hydrogens (tertiary/aromatic N) is 1. The SMILES string of the molecule is CCN(CC)c1ccc(Br)cc1C(N)=O. The zero-order valence-corrected chi connectivity index (χ0v) is 10.5. The molecule has 0 aliphatic heterocycles. The van der Waals surface area contributed by atoms with Gasteiger partial charge in [-0.25, -0.2) is 0 Å². The third-order valence-corrected chi connectivity index (χ3v) is 2.82. The molecule has 1 aromatic carbocycles. The van der Waals surface area contributed by atoms with Gasteiger partial charge in [-0.3, -0.25) is 4.79 Å². The smallest absolute Gasteiger partial charge is 0.250 e.